The van der Waals surface area contributed by atoms with E-state index >= 15 is 0 Å². The Morgan fingerprint density at radius 2 is 2.20 bits per heavy atom. The Hall–Kier alpha value is -1.62. The van der Waals surface area contributed by atoms with Crippen LogP contribution < -0.4 is 5.32 Å². The van der Waals surface area contributed by atoms with E-state index in [0.717, 1.165) is 29.5 Å². The van der Waals surface area contributed by atoms with Gasteiger partial charge in [-0.3, -0.25) is 4.79 Å². The summed E-state index contributed by atoms with van der Waals surface area (Å²) in [5.74, 6) is -1.05. The summed E-state index contributed by atoms with van der Waals surface area (Å²) < 4.78 is 0. The summed E-state index contributed by atoms with van der Waals surface area (Å²) >= 11 is 1.33. The van der Waals surface area contributed by atoms with Crippen molar-refractivity contribution in [1.29, 1.82) is 0 Å². The molecule has 4 nitrogen and oxygen atoms in total. The van der Waals surface area contributed by atoms with Crippen LogP contribution in [0, 0.1) is 12.3 Å². The molecule has 1 heterocycles. The van der Waals surface area contributed by atoms with Gasteiger partial charge in [0.25, 0.3) is 5.91 Å². The monoisotopic (exact) mass is 293 g/mol. The van der Waals surface area contributed by atoms with Gasteiger partial charge in [0, 0.05) is 17.5 Å². The van der Waals surface area contributed by atoms with Crippen LogP contribution in [0.4, 0.5) is 0 Å². The zero-order valence-electron chi connectivity index (χ0n) is 11.7. The maximum absolute atomic E-state index is 12.1. The van der Waals surface area contributed by atoms with Gasteiger partial charge in [-0.15, -0.1) is 11.3 Å². The second-order valence-corrected chi connectivity index (χ2v) is 6.45. The van der Waals surface area contributed by atoms with Gasteiger partial charge in [0.15, 0.2) is 0 Å². The quantitative estimate of drug-likeness (QED) is 0.792. The maximum Gasteiger partial charge on any atom is 0.328 e. The molecule has 0 radical (unpaired) electrons. The van der Waals surface area contributed by atoms with E-state index in [0.29, 0.717) is 10.3 Å². The number of amides is 1. The van der Waals surface area contributed by atoms with Crippen molar-refractivity contribution < 1.29 is 14.7 Å². The van der Waals surface area contributed by atoms with E-state index in [1.165, 1.54) is 30.3 Å². The molecule has 1 fully saturated rings. The average molecular weight is 293 g/mol. The van der Waals surface area contributed by atoms with Crippen molar-refractivity contribution in [3.8, 4) is 0 Å². The molecule has 0 atom stereocenters. The fraction of sp³-hybridized carbons (Fsp3) is 0.467. The molecule has 20 heavy (non-hydrogen) atoms. The van der Waals surface area contributed by atoms with Crippen molar-refractivity contribution in [2.45, 2.75) is 33.1 Å². The van der Waals surface area contributed by atoms with E-state index in [1.54, 1.807) is 0 Å². The Morgan fingerprint density at radius 3 is 2.75 bits per heavy atom. The summed E-state index contributed by atoms with van der Waals surface area (Å²) in [7, 11) is 0. The summed E-state index contributed by atoms with van der Waals surface area (Å²) in [5, 5.41) is 11.6. The van der Waals surface area contributed by atoms with E-state index in [-0.39, 0.29) is 5.91 Å². The zero-order valence-corrected chi connectivity index (χ0v) is 12.5. The molecule has 0 saturated heterocycles. The van der Waals surface area contributed by atoms with Crippen LogP contribution in [-0.2, 0) is 4.79 Å². The summed E-state index contributed by atoms with van der Waals surface area (Å²) in [6.07, 6.45) is 6.12. The van der Waals surface area contributed by atoms with E-state index in [2.05, 4.69) is 12.2 Å². The van der Waals surface area contributed by atoms with Crippen LogP contribution in [0.3, 0.4) is 0 Å². The fourth-order valence-electron chi connectivity index (χ4n) is 2.11. The zero-order chi connectivity index (χ0) is 14.8. The van der Waals surface area contributed by atoms with Gasteiger partial charge in [-0.05, 0) is 49.3 Å². The molecule has 1 saturated carbocycles. The maximum atomic E-state index is 12.1. The molecule has 1 aliphatic rings. The number of carbonyl (C=O) groups excluding carboxylic acids is 1. The van der Waals surface area contributed by atoms with Gasteiger partial charge in [-0.25, -0.2) is 4.79 Å². The Bertz CT molecular complexity index is 555. The topological polar surface area (TPSA) is 66.4 Å². The largest absolute Gasteiger partial charge is 0.478 e. The molecule has 0 aromatic carbocycles. The lowest BCUT2D eigenvalue weighted by Crippen LogP contribution is -2.29. The van der Waals surface area contributed by atoms with E-state index < -0.39 is 5.97 Å². The molecular weight excluding hydrogens is 274 g/mol. The van der Waals surface area contributed by atoms with Crippen LogP contribution in [-0.4, -0.2) is 23.5 Å². The molecule has 2 N–H and O–H groups in total. The smallest absolute Gasteiger partial charge is 0.328 e. The second-order valence-electron chi connectivity index (χ2n) is 5.37. The predicted molar refractivity (Wildman–Crippen MR) is 80.0 cm³/mol. The first kappa shape index (κ1) is 14.8. The Kier molecular flexibility index (Phi) is 4.28. The highest BCUT2D eigenvalue weighted by atomic mass is 32.1. The number of rotatable bonds is 6. The Morgan fingerprint density at radius 1 is 1.50 bits per heavy atom. The lowest BCUT2D eigenvalue weighted by Gasteiger charge is -2.12. The van der Waals surface area contributed by atoms with Crippen LogP contribution in [0.25, 0.3) is 6.08 Å². The number of carbonyl (C=O) groups is 2. The van der Waals surface area contributed by atoms with Crippen molar-refractivity contribution in [3.05, 3.63) is 27.5 Å². The first-order valence-corrected chi connectivity index (χ1v) is 7.57. The highest BCUT2D eigenvalue weighted by molar-refractivity contribution is 7.15. The molecule has 0 unspecified atom stereocenters. The van der Waals surface area contributed by atoms with Gasteiger partial charge in [0.2, 0.25) is 0 Å². The van der Waals surface area contributed by atoms with Crippen LogP contribution in [0.5, 0.6) is 0 Å². The predicted octanol–water partition coefficient (Wildman–Crippen LogP) is 3.07. The molecule has 108 valence electrons. The lowest BCUT2D eigenvalue weighted by molar-refractivity contribution is -0.131. The fourth-order valence-corrected chi connectivity index (χ4v) is 3.10. The standard InChI is InChI=1S/C15H19NO3S/c1-3-15(6-7-15)9-16-14(19)12-8-10(2)11(20-12)4-5-13(17)18/h4-5,8H,3,6-7,9H2,1-2H3,(H,16,19)(H,17,18)/b5-4+. The number of thiophene rings is 1. The van der Waals surface area contributed by atoms with Crippen LogP contribution in [0.2, 0.25) is 0 Å². The summed E-state index contributed by atoms with van der Waals surface area (Å²) in [5.41, 5.74) is 1.25. The van der Waals surface area contributed by atoms with E-state index in [4.69, 9.17) is 5.11 Å². The van der Waals surface area contributed by atoms with Crippen molar-refractivity contribution >= 4 is 29.3 Å². The Labute approximate surface area is 122 Å². The molecule has 1 aliphatic carbocycles. The SMILES string of the molecule is CCC1(CNC(=O)c2cc(C)c(/C=C/C(=O)O)s2)CC1. The molecular formula is C15H19NO3S. The van der Waals surface area contributed by atoms with E-state index in [1.807, 2.05) is 13.0 Å². The van der Waals surface area contributed by atoms with Gasteiger partial charge in [-0.1, -0.05) is 6.92 Å². The molecule has 0 spiro atoms. The molecule has 1 aromatic rings. The Balaban J connectivity index is 2.00. The lowest BCUT2D eigenvalue weighted by atomic mass is 10.0. The number of carboxylic acid groups (broad SMARTS) is 1. The summed E-state index contributed by atoms with van der Waals surface area (Å²) in [6, 6.07) is 1.81. The van der Waals surface area contributed by atoms with Gasteiger partial charge >= 0.3 is 5.97 Å². The minimum atomic E-state index is -0.984. The second kappa shape index (κ2) is 5.79. The molecule has 2 rings (SSSR count). The third-order valence-electron chi connectivity index (χ3n) is 3.89. The highest BCUT2D eigenvalue weighted by Crippen LogP contribution is 2.47. The number of hydrogen-bond acceptors (Lipinski definition) is 3. The van der Waals surface area contributed by atoms with Crippen molar-refractivity contribution in [1.82, 2.24) is 5.32 Å². The summed E-state index contributed by atoms with van der Waals surface area (Å²) in [4.78, 5) is 24.1. The third kappa shape index (κ3) is 3.48. The minimum Gasteiger partial charge on any atom is -0.478 e. The number of hydrogen-bond donors (Lipinski definition) is 2. The molecule has 0 bridgehead atoms. The van der Waals surface area contributed by atoms with Gasteiger partial charge in [0.1, 0.15) is 0 Å². The normalized spacial score (nSPS) is 16.3. The average Bonchev–Trinajstić information content (AvgIpc) is 3.10. The first-order chi connectivity index (χ1) is 9.46. The highest BCUT2D eigenvalue weighted by Gasteiger charge is 2.40. The number of nitrogens with one attached hydrogen (secondary N) is 1. The van der Waals surface area contributed by atoms with Crippen molar-refractivity contribution in [2.75, 3.05) is 6.54 Å². The third-order valence-corrected chi connectivity index (χ3v) is 5.09. The van der Waals surface area contributed by atoms with Gasteiger partial charge < -0.3 is 10.4 Å². The molecule has 0 aliphatic heterocycles. The van der Waals surface area contributed by atoms with Crippen LogP contribution in [0.1, 0.15) is 46.3 Å². The summed E-state index contributed by atoms with van der Waals surface area (Å²) in [6.45, 7) is 4.77. The molecule has 1 amide bonds. The number of aryl methyl sites for hydroxylation is 1. The van der Waals surface area contributed by atoms with E-state index in [9.17, 15) is 9.59 Å². The van der Waals surface area contributed by atoms with Crippen molar-refractivity contribution in [2.24, 2.45) is 5.41 Å². The van der Waals surface area contributed by atoms with Gasteiger partial charge in [0.05, 0.1) is 4.88 Å². The minimum absolute atomic E-state index is 0.0622. The van der Waals surface area contributed by atoms with Crippen LogP contribution >= 0.6 is 11.3 Å². The number of carboxylic acids is 1. The molecule has 1 aromatic heterocycles. The molecule has 5 heteroatoms. The van der Waals surface area contributed by atoms with Crippen LogP contribution in [0.15, 0.2) is 12.1 Å². The van der Waals surface area contributed by atoms with Gasteiger partial charge in [-0.2, -0.15) is 0 Å². The first-order valence-electron chi connectivity index (χ1n) is 6.75. The number of aliphatic carboxylic acids is 1. The van der Waals surface area contributed by atoms with Crippen molar-refractivity contribution in [3.63, 3.8) is 0 Å².